The van der Waals surface area contributed by atoms with Gasteiger partial charge in [0.1, 0.15) is 12.1 Å². The van der Waals surface area contributed by atoms with Gasteiger partial charge in [0.05, 0.1) is 0 Å². The summed E-state index contributed by atoms with van der Waals surface area (Å²) in [6.07, 6.45) is 3.58. The fourth-order valence-electron chi connectivity index (χ4n) is 2.50. The van der Waals surface area contributed by atoms with E-state index in [1.165, 1.54) is 0 Å². The number of rotatable bonds is 5. The number of piperazine rings is 1. The van der Waals surface area contributed by atoms with Crippen molar-refractivity contribution in [3.05, 3.63) is 0 Å². The van der Waals surface area contributed by atoms with Crippen LogP contribution in [-0.4, -0.2) is 34.8 Å². The van der Waals surface area contributed by atoms with Crippen molar-refractivity contribution < 1.29 is 9.59 Å². The predicted octanol–water partition coefficient (Wildman–Crippen LogP) is 1.69. The van der Waals surface area contributed by atoms with E-state index in [1.54, 1.807) is 4.90 Å². The van der Waals surface area contributed by atoms with Crippen LogP contribution >= 0.6 is 0 Å². The standard InChI is InChI=1S/C13H24N2O2/c1-5-8-10(6-2)15-9(4)12(16)14-11(7-3)13(15)17/h9-11H,5-8H2,1-4H3,(H,14,16). The fraction of sp³-hybridized carbons (Fsp3) is 0.846. The highest BCUT2D eigenvalue weighted by Gasteiger charge is 2.39. The van der Waals surface area contributed by atoms with Crippen molar-refractivity contribution in [1.29, 1.82) is 0 Å². The van der Waals surface area contributed by atoms with Crippen LogP contribution in [-0.2, 0) is 9.59 Å². The number of carbonyl (C=O) groups excluding carboxylic acids is 2. The number of carbonyl (C=O) groups is 2. The summed E-state index contributed by atoms with van der Waals surface area (Å²) in [6, 6.07) is -0.464. The average Bonchev–Trinajstić information content (AvgIpc) is 2.32. The summed E-state index contributed by atoms with van der Waals surface area (Å²) in [6.45, 7) is 7.93. The highest BCUT2D eigenvalue weighted by Crippen LogP contribution is 2.20. The van der Waals surface area contributed by atoms with Crippen LogP contribution in [0.5, 0.6) is 0 Å². The lowest BCUT2D eigenvalue weighted by Gasteiger charge is -2.41. The molecule has 0 aromatic rings. The second kappa shape index (κ2) is 6.03. The van der Waals surface area contributed by atoms with Crippen molar-refractivity contribution in [2.75, 3.05) is 0 Å². The molecular weight excluding hydrogens is 216 g/mol. The first-order valence-electron chi connectivity index (χ1n) is 6.69. The molecule has 1 rings (SSSR count). The van der Waals surface area contributed by atoms with Gasteiger partial charge in [0, 0.05) is 6.04 Å². The van der Waals surface area contributed by atoms with Gasteiger partial charge in [0.15, 0.2) is 0 Å². The maximum Gasteiger partial charge on any atom is 0.246 e. The maximum atomic E-state index is 12.3. The minimum Gasteiger partial charge on any atom is -0.343 e. The van der Waals surface area contributed by atoms with Gasteiger partial charge in [-0.25, -0.2) is 0 Å². The number of hydrogen-bond acceptors (Lipinski definition) is 2. The van der Waals surface area contributed by atoms with Crippen molar-refractivity contribution in [3.8, 4) is 0 Å². The van der Waals surface area contributed by atoms with Crippen LogP contribution < -0.4 is 5.32 Å². The molecule has 0 aliphatic carbocycles. The molecule has 4 nitrogen and oxygen atoms in total. The molecule has 0 spiro atoms. The zero-order valence-corrected chi connectivity index (χ0v) is 11.3. The molecule has 0 bridgehead atoms. The van der Waals surface area contributed by atoms with Gasteiger partial charge in [-0.15, -0.1) is 0 Å². The zero-order chi connectivity index (χ0) is 13.0. The Morgan fingerprint density at radius 2 is 1.94 bits per heavy atom. The van der Waals surface area contributed by atoms with Gasteiger partial charge in [-0.1, -0.05) is 27.2 Å². The molecule has 98 valence electrons. The summed E-state index contributed by atoms with van der Waals surface area (Å²) in [5, 5.41) is 2.79. The Hall–Kier alpha value is -1.06. The molecule has 1 N–H and O–H groups in total. The Bertz CT molecular complexity index is 291. The molecule has 1 heterocycles. The first-order chi connectivity index (χ1) is 8.06. The lowest BCUT2D eigenvalue weighted by Crippen LogP contribution is -2.64. The highest BCUT2D eigenvalue weighted by molar-refractivity contribution is 5.96. The molecule has 0 radical (unpaired) electrons. The third kappa shape index (κ3) is 2.79. The molecule has 3 unspecified atom stereocenters. The first-order valence-corrected chi connectivity index (χ1v) is 6.69. The quantitative estimate of drug-likeness (QED) is 0.795. The van der Waals surface area contributed by atoms with Gasteiger partial charge in [0.25, 0.3) is 0 Å². The summed E-state index contributed by atoms with van der Waals surface area (Å²) >= 11 is 0. The van der Waals surface area contributed by atoms with E-state index in [-0.39, 0.29) is 29.9 Å². The van der Waals surface area contributed by atoms with Crippen LogP contribution in [0.2, 0.25) is 0 Å². The van der Waals surface area contributed by atoms with Crippen LogP contribution in [0, 0.1) is 0 Å². The third-order valence-electron chi connectivity index (χ3n) is 3.56. The number of hydrogen-bond donors (Lipinski definition) is 1. The van der Waals surface area contributed by atoms with Crippen molar-refractivity contribution in [1.82, 2.24) is 10.2 Å². The molecule has 17 heavy (non-hydrogen) atoms. The third-order valence-corrected chi connectivity index (χ3v) is 3.56. The van der Waals surface area contributed by atoms with Crippen LogP contribution in [0.3, 0.4) is 0 Å². The Morgan fingerprint density at radius 3 is 2.41 bits per heavy atom. The molecule has 1 fully saturated rings. The van der Waals surface area contributed by atoms with E-state index in [1.807, 2.05) is 13.8 Å². The largest absolute Gasteiger partial charge is 0.343 e. The topological polar surface area (TPSA) is 49.4 Å². The first kappa shape index (κ1) is 14.0. The summed E-state index contributed by atoms with van der Waals surface area (Å²) in [4.78, 5) is 25.9. The van der Waals surface area contributed by atoms with Crippen molar-refractivity contribution in [2.45, 2.75) is 71.5 Å². The molecule has 2 amide bonds. The van der Waals surface area contributed by atoms with Gasteiger partial charge in [0.2, 0.25) is 11.8 Å². The van der Waals surface area contributed by atoms with Gasteiger partial charge < -0.3 is 10.2 Å². The van der Waals surface area contributed by atoms with E-state index in [0.717, 1.165) is 19.3 Å². The van der Waals surface area contributed by atoms with E-state index in [2.05, 4.69) is 19.2 Å². The van der Waals surface area contributed by atoms with Crippen molar-refractivity contribution >= 4 is 11.8 Å². The number of nitrogens with one attached hydrogen (secondary N) is 1. The second-order valence-corrected chi connectivity index (χ2v) is 4.74. The lowest BCUT2D eigenvalue weighted by atomic mass is 9.99. The molecule has 0 aromatic carbocycles. The van der Waals surface area contributed by atoms with Gasteiger partial charge in [-0.3, -0.25) is 9.59 Å². The van der Waals surface area contributed by atoms with Crippen LogP contribution in [0.1, 0.15) is 53.4 Å². The monoisotopic (exact) mass is 240 g/mol. The Balaban J connectivity index is 2.91. The molecule has 1 saturated heterocycles. The fourth-order valence-corrected chi connectivity index (χ4v) is 2.50. The van der Waals surface area contributed by atoms with Crippen molar-refractivity contribution in [2.24, 2.45) is 0 Å². The van der Waals surface area contributed by atoms with E-state index in [4.69, 9.17) is 0 Å². The Kier molecular flexibility index (Phi) is 4.97. The minimum atomic E-state index is -0.332. The van der Waals surface area contributed by atoms with E-state index in [0.29, 0.717) is 6.42 Å². The van der Waals surface area contributed by atoms with E-state index in [9.17, 15) is 9.59 Å². The SMILES string of the molecule is CCCC(CC)N1C(=O)C(CC)NC(=O)C1C. The number of amides is 2. The summed E-state index contributed by atoms with van der Waals surface area (Å²) in [5.41, 5.74) is 0. The maximum absolute atomic E-state index is 12.3. The smallest absolute Gasteiger partial charge is 0.246 e. The highest BCUT2D eigenvalue weighted by atomic mass is 16.2. The second-order valence-electron chi connectivity index (χ2n) is 4.74. The summed E-state index contributed by atoms with van der Waals surface area (Å²) < 4.78 is 0. The molecule has 4 heteroatoms. The van der Waals surface area contributed by atoms with Crippen LogP contribution in [0.4, 0.5) is 0 Å². The molecule has 0 saturated carbocycles. The van der Waals surface area contributed by atoms with Gasteiger partial charge >= 0.3 is 0 Å². The van der Waals surface area contributed by atoms with Crippen molar-refractivity contribution in [3.63, 3.8) is 0 Å². The minimum absolute atomic E-state index is 0.0222. The zero-order valence-electron chi connectivity index (χ0n) is 11.3. The number of nitrogens with zero attached hydrogens (tertiary/aromatic N) is 1. The normalized spacial score (nSPS) is 26.9. The Morgan fingerprint density at radius 1 is 1.29 bits per heavy atom. The molecule has 1 aliphatic heterocycles. The molecule has 3 atom stereocenters. The van der Waals surface area contributed by atoms with Gasteiger partial charge in [-0.2, -0.15) is 0 Å². The lowest BCUT2D eigenvalue weighted by molar-refractivity contribution is -0.151. The molecule has 1 aliphatic rings. The molecule has 0 aromatic heterocycles. The molecular formula is C13H24N2O2. The van der Waals surface area contributed by atoms with Gasteiger partial charge in [-0.05, 0) is 26.2 Å². The summed E-state index contributed by atoms with van der Waals surface area (Å²) in [7, 11) is 0. The van der Waals surface area contributed by atoms with E-state index >= 15 is 0 Å². The Labute approximate surface area is 104 Å². The van der Waals surface area contributed by atoms with Crippen LogP contribution in [0.15, 0.2) is 0 Å². The van der Waals surface area contributed by atoms with E-state index < -0.39 is 0 Å². The average molecular weight is 240 g/mol. The predicted molar refractivity (Wildman–Crippen MR) is 67.5 cm³/mol. The van der Waals surface area contributed by atoms with Crippen LogP contribution in [0.25, 0.3) is 0 Å². The summed E-state index contributed by atoms with van der Waals surface area (Å²) in [5.74, 6) is 0.0610.